The van der Waals surface area contributed by atoms with Gasteiger partial charge in [-0.05, 0) is 25.7 Å². The molecule has 1 unspecified atom stereocenters. The van der Waals surface area contributed by atoms with E-state index >= 15 is 0 Å². The van der Waals surface area contributed by atoms with Gasteiger partial charge < -0.3 is 10.0 Å². The van der Waals surface area contributed by atoms with Crippen molar-refractivity contribution in [1.82, 2.24) is 0 Å². The van der Waals surface area contributed by atoms with E-state index in [1.807, 2.05) is 0 Å². The zero-order valence-electron chi connectivity index (χ0n) is 11.3. The Labute approximate surface area is 117 Å². The van der Waals surface area contributed by atoms with Crippen molar-refractivity contribution < 1.29 is 10.0 Å². The lowest BCUT2D eigenvalue weighted by Crippen LogP contribution is -2.34. The van der Waals surface area contributed by atoms with E-state index < -0.39 is 6.10 Å². The summed E-state index contributed by atoms with van der Waals surface area (Å²) in [5.74, 6) is 0.616. The van der Waals surface area contributed by atoms with Crippen molar-refractivity contribution in [1.29, 1.82) is 0 Å². The van der Waals surface area contributed by atoms with Crippen LogP contribution in [0.3, 0.4) is 0 Å². The molecule has 1 saturated heterocycles. The third-order valence-electron chi connectivity index (χ3n) is 3.70. The molecular formula is C13H20N2O3S. The van der Waals surface area contributed by atoms with Crippen LogP contribution in [0, 0.1) is 16.0 Å². The van der Waals surface area contributed by atoms with E-state index in [0.717, 1.165) is 25.9 Å². The molecule has 0 aromatic carbocycles. The number of hydrogen-bond acceptors (Lipinski definition) is 5. The minimum Gasteiger partial charge on any atom is -0.388 e. The third kappa shape index (κ3) is 3.06. The predicted octanol–water partition coefficient (Wildman–Crippen LogP) is 3.34. The topological polar surface area (TPSA) is 66.6 Å². The van der Waals surface area contributed by atoms with Crippen LogP contribution in [0.1, 0.15) is 44.1 Å². The molecule has 0 spiro atoms. The molecular weight excluding hydrogens is 264 g/mol. The van der Waals surface area contributed by atoms with Crippen LogP contribution in [0.25, 0.3) is 0 Å². The van der Waals surface area contributed by atoms with E-state index in [0.29, 0.717) is 15.8 Å². The van der Waals surface area contributed by atoms with Crippen LogP contribution in [0.15, 0.2) is 6.07 Å². The first-order chi connectivity index (χ1) is 9.02. The highest BCUT2D eigenvalue weighted by Crippen LogP contribution is 2.41. The molecule has 1 aromatic heterocycles. The number of rotatable bonds is 4. The number of nitro groups is 1. The normalized spacial score (nSPS) is 21.4. The second-order valence-corrected chi connectivity index (χ2v) is 6.20. The van der Waals surface area contributed by atoms with Gasteiger partial charge in [-0.25, -0.2) is 0 Å². The number of aliphatic hydroxyl groups excluding tert-OH is 1. The largest absolute Gasteiger partial charge is 0.388 e. The van der Waals surface area contributed by atoms with Gasteiger partial charge in [-0.1, -0.05) is 13.3 Å². The quantitative estimate of drug-likeness (QED) is 0.680. The summed E-state index contributed by atoms with van der Waals surface area (Å²) in [6, 6.07) is 1.51. The highest BCUT2D eigenvalue weighted by atomic mass is 32.1. The Morgan fingerprint density at radius 1 is 1.68 bits per heavy atom. The summed E-state index contributed by atoms with van der Waals surface area (Å²) in [5.41, 5.74) is 0.137. The highest BCUT2D eigenvalue weighted by molar-refractivity contribution is 7.16. The summed E-state index contributed by atoms with van der Waals surface area (Å²) >= 11 is 1.35. The Morgan fingerprint density at radius 3 is 3.00 bits per heavy atom. The van der Waals surface area contributed by atoms with Crippen molar-refractivity contribution >= 4 is 22.0 Å². The molecule has 0 saturated carbocycles. The Kier molecular flexibility index (Phi) is 4.42. The average Bonchev–Trinajstić information content (AvgIpc) is 2.84. The minimum atomic E-state index is -0.649. The fraction of sp³-hybridized carbons (Fsp3) is 0.692. The maximum Gasteiger partial charge on any atom is 0.304 e. The Hall–Kier alpha value is -1.14. The molecule has 1 aliphatic rings. The van der Waals surface area contributed by atoms with Gasteiger partial charge in [-0.3, -0.25) is 10.1 Å². The fourth-order valence-corrected chi connectivity index (χ4v) is 3.63. The van der Waals surface area contributed by atoms with Crippen LogP contribution < -0.4 is 4.90 Å². The SMILES string of the molecule is CCC1CCCN(c2sc([C@@H](C)O)cc2[N+](=O)[O-])C1. The maximum atomic E-state index is 11.2. The number of nitrogens with zero attached hydrogens (tertiary/aromatic N) is 2. The second-order valence-electron chi connectivity index (χ2n) is 5.13. The molecule has 2 atom stereocenters. The summed E-state index contributed by atoms with van der Waals surface area (Å²) < 4.78 is 0. The van der Waals surface area contributed by atoms with Crippen LogP contribution in [0.4, 0.5) is 10.7 Å². The summed E-state index contributed by atoms with van der Waals surface area (Å²) in [7, 11) is 0. The molecule has 0 bridgehead atoms. The van der Waals surface area contributed by atoms with Crippen LogP contribution in [-0.4, -0.2) is 23.1 Å². The van der Waals surface area contributed by atoms with Crippen LogP contribution >= 0.6 is 11.3 Å². The van der Waals surface area contributed by atoms with Gasteiger partial charge in [0.15, 0.2) is 5.00 Å². The summed E-state index contributed by atoms with van der Waals surface area (Å²) in [6.45, 7) is 5.57. The molecule has 1 aromatic rings. The van der Waals surface area contributed by atoms with Crippen molar-refractivity contribution in [3.05, 3.63) is 21.1 Å². The molecule has 0 radical (unpaired) electrons. The first-order valence-electron chi connectivity index (χ1n) is 6.74. The van der Waals surface area contributed by atoms with Gasteiger partial charge in [-0.15, -0.1) is 11.3 Å². The molecule has 106 valence electrons. The van der Waals surface area contributed by atoms with Gasteiger partial charge >= 0.3 is 5.69 Å². The van der Waals surface area contributed by atoms with E-state index in [1.165, 1.54) is 23.8 Å². The highest BCUT2D eigenvalue weighted by Gasteiger charge is 2.28. The summed E-state index contributed by atoms with van der Waals surface area (Å²) in [5, 5.41) is 21.5. The van der Waals surface area contributed by atoms with Gasteiger partial charge in [0.1, 0.15) is 0 Å². The zero-order chi connectivity index (χ0) is 14.0. The Morgan fingerprint density at radius 2 is 2.42 bits per heavy atom. The predicted molar refractivity (Wildman–Crippen MR) is 76.8 cm³/mol. The lowest BCUT2D eigenvalue weighted by Gasteiger charge is -2.32. The van der Waals surface area contributed by atoms with E-state index in [2.05, 4.69) is 11.8 Å². The Bertz CT molecular complexity index is 459. The molecule has 2 rings (SSSR count). The van der Waals surface area contributed by atoms with Gasteiger partial charge in [0.2, 0.25) is 0 Å². The monoisotopic (exact) mass is 284 g/mol. The summed E-state index contributed by atoms with van der Waals surface area (Å²) in [6.07, 6.45) is 2.75. The van der Waals surface area contributed by atoms with E-state index in [-0.39, 0.29) is 10.6 Å². The van der Waals surface area contributed by atoms with Crippen molar-refractivity contribution in [2.75, 3.05) is 18.0 Å². The van der Waals surface area contributed by atoms with Gasteiger partial charge in [0.25, 0.3) is 0 Å². The molecule has 6 heteroatoms. The third-order valence-corrected chi connectivity index (χ3v) is 5.06. The van der Waals surface area contributed by atoms with Crippen LogP contribution in [0.5, 0.6) is 0 Å². The maximum absolute atomic E-state index is 11.2. The fourth-order valence-electron chi connectivity index (χ4n) is 2.54. The number of thiophene rings is 1. The molecule has 5 nitrogen and oxygen atoms in total. The first-order valence-corrected chi connectivity index (χ1v) is 7.55. The van der Waals surface area contributed by atoms with E-state index in [9.17, 15) is 15.2 Å². The number of piperidine rings is 1. The molecule has 1 N–H and O–H groups in total. The summed E-state index contributed by atoms with van der Waals surface area (Å²) in [4.78, 5) is 13.6. The first kappa shape index (κ1) is 14.3. The van der Waals surface area contributed by atoms with Crippen LogP contribution in [-0.2, 0) is 0 Å². The molecule has 2 heterocycles. The lowest BCUT2D eigenvalue weighted by atomic mass is 9.96. The van der Waals surface area contributed by atoms with Crippen molar-refractivity contribution in [3.8, 4) is 0 Å². The number of aliphatic hydroxyl groups is 1. The Balaban J connectivity index is 2.29. The standard InChI is InChI=1S/C13H20N2O3S/c1-3-10-5-4-6-14(8-10)13-11(15(17)18)7-12(19-13)9(2)16/h7,9-10,16H,3-6,8H2,1-2H3/t9-,10?/m1/s1. The zero-order valence-corrected chi connectivity index (χ0v) is 12.2. The molecule has 1 aliphatic heterocycles. The van der Waals surface area contributed by atoms with Gasteiger partial charge in [-0.2, -0.15) is 0 Å². The second kappa shape index (κ2) is 5.88. The van der Waals surface area contributed by atoms with Crippen LogP contribution in [0.2, 0.25) is 0 Å². The molecule has 0 amide bonds. The van der Waals surface area contributed by atoms with E-state index in [4.69, 9.17) is 0 Å². The minimum absolute atomic E-state index is 0.137. The lowest BCUT2D eigenvalue weighted by molar-refractivity contribution is -0.383. The smallest absolute Gasteiger partial charge is 0.304 e. The molecule has 19 heavy (non-hydrogen) atoms. The van der Waals surface area contributed by atoms with Crippen molar-refractivity contribution in [2.45, 2.75) is 39.2 Å². The van der Waals surface area contributed by atoms with Crippen molar-refractivity contribution in [2.24, 2.45) is 5.92 Å². The molecule has 1 fully saturated rings. The molecule has 0 aliphatic carbocycles. The number of anilines is 1. The number of hydrogen-bond donors (Lipinski definition) is 1. The van der Waals surface area contributed by atoms with Crippen molar-refractivity contribution in [3.63, 3.8) is 0 Å². The van der Waals surface area contributed by atoms with Gasteiger partial charge in [0, 0.05) is 24.0 Å². The van der Waals surface area contributed by atoms with Gasteiger partial charge in [0.05, 0.1) is 11.0 Å². The van der Waals surface area contributed by atoms with E-state index in [1.54, 1.807) is 6.92 Å². The average molecular weight is 284 g/mol.